The predicted molar refractivity (Wildman–Crippen MR) is 71.4 cm³/mol. The van der Waals surface area contributed by atoms with Crippen LogP contribution in [0.15, 0.2) is 36.4 Å². The molecule has 0 amide bonds. The lowest BCUT2D eigenvalue weighted by molar-refractivity contribution is -0.384. The average molecular weight is 246 g/mol. The highest BCUT2D eigenvalue weighted by molar-refractivity contribution is 5.34. The van der Waals surface area contributed by atoms with Gasteiger partial charge in [0.05, 0.1) is 4.92 Å². The van der Waals surface area contributed by atoms with Crippen molar-refractivity contribution < 1.29 is 4.92 Å². The number of nitrogens with zero attached hydrogens (tertiary/aromatic N) is 1. The van der Waals surface area contributed by atoms with Crippen LogP contribution in [0.1, 0.15) is 37.8 Å². The van der Waals surface area contributed by atoms with Crippen molar-refractivity contribution in [2.24, 2.45) is 0 Å². The summed E-state index contributed by atoms with van der Waals surface area (Å²) in [5.41, 5.74) is 1.24. The lowest BCUT2D eigenvalue weighted by Crippen LogP contribution is -2.32. The quantitative estimate of drug-likeness (QED) is 0.503. The molecule has 0 aromatic heterocycles. The largest absolute Gasteiger partial charge is 0.307 e. The highest BCUT2D eigenvalue weighted by Crippen LogP contribution is 2.20. The summed E-state index contributed by atoms with van der Waals surface area (Å²) >= 11 is 0. The monoisotopic (exact) mass is 246 g/mol. The summed E-state index contributed by atoms with van der Waals surface area (Å²) in [4.78, 5) is 10.2. The molecule has 2 rings (SSSR count). The van der Waals surface area contributed by atoms with Crippen molar-refractivity contribution in [3.63, 3.8) is 0 Å². The molecule has 1 aromatic carbocycles. The zero-order chi connectivity index (χ0) is 13.0. The smallest absolute Gasteiger partial charge is 0.269 e. The van der Waals surface area contributed by atoms with Crippen LogP contribution in [0.25, 0.3) is 0 Å². The Balaban J connectivity index is 1.97. The Hall–Kier alpha value is -1.68. The molecule has 0 heterocycles. The second-order valence-corrected chi connectivity index (χ2v) is 4.72. The van der Waals surface area contributed by atoms with E-state index in [4.69, 9.17) is 0 Å². The van der Waals surface area contributed by atoms with Gasteiger partial charge in [0.2, 0.25) is 0 Å². The Bertz CT molecular complexity index is 440. The number of nitrogens with one attached hydrogen (secondary N) is 1. The molecule has 1 aromatic rings. The summed E-state index contributed by atoms with van der Waals surface area (Å²) in [7, 11) is 0. The molecule has 2 atom stereocenters. The van der Waals surface area contributed by atoms with Gasteiger partial charge in [0, 0.05) is 24.2 Å². The molecule has 0 fully saturated rings. The van der Waals surface area contributed by atoms with Gasteiger partial charge in [0.1, 0.15) is 0 Å². The summed E-state index contributed by atoms with van der Waals surface area (Å²) in [6, 6.07) is 7.52. The standard InChI is InChI=1S/C14H18N2O2/c1-11(15-13-5-3-2-4-6-13)12-7-9-14(10-8-12)16(17)18/h2-3,7-11,13,15H,4-6H2,1H3. The summed E-state index contributed by atoms with van der Waals surface area (Å²) in [6.07, 6.45) is 7.79. The van der Waals surface area contributed by atoms with E-state index in [0.29, 0.717) is 6.04 Å². The van der Waals surface area contributed by atoms with Gasteiger partial charge in [-0.15, -0.1) is 0 Å². The number of hydrogen-bond acceptors (Lipinski definition) is 3. The predicted octanol–water partition coefficient (Wildman–Crippen LogP) is 3.35. The molecule has 1 aliphatic carbocycles. The SMILES string of the molecule is CC(NC1CC=CCC1)c1ccc([N+](=O)[O-])cc1. The normalized spacial score (nSPS) is 20.6. The van der Waals surface area contributed by atoms with Crippen LogP contribution >= 0.6 is 0 Å². The van der Waals surface area contributed by atoms with Gasteiger partial charge in [-0.3, -0.25) is 10.1 Å². The number of nitro benzene ring substituents is 1. The highest BCUT2D eigenvalue weighted by atomic mass is 16.6. The molecule has 0 spiro atoms. The lowest BCUT2D eigenvalue weighted by atomic mass is 9.99. The van der Waals surface area contributed by atoms with E-state index in [2.05, 4.69) is 24.4 Å². The zero-order valence-corrected chi connectivity index (χ0v) is 10.5. The topological polar surface area (TPSA) is 55.2 Å². The third kappa shape index (κ3) is 3.17. The highest BCUT2D eigenvalue weighted by Gasteiger charge is 2.14. The number of hydrogen-bond donors (Lipinski definition) is 1. The third-order valence-electron chi connectivity index (χ3n) is 3.36. The number of benzene rings is 1. The fourth-order valence-corrected chi connectivity index (χ4v) is 2.28. The van der Waals surface area contributed by atoms with E-state index < -0.39 is 0 Å². The molecule has 0 bridgehead atoms. The number of allylic oxidation sites excluding steroid dienone is 1. The molecule has 96 valence electrons. The van der Waals surface area contributed by atoms with Crippen LogP contribution in [0.2, 0.25) is 0 Å². The van der Waals surface area contributed by atoms with Crippen LogP contribution in [-0.4, -0.2) is 11.0 Å². The molecular weight excluding hydrogens is 228 g/mol. The molecule has 0 saturated carbocycles. The zero-order valence-electron chi connectivity index (χ0n) is 10.5. The number of non-ortho nitro benzene ring substituents is 1. The van der Waals surface area contributed by atoms with Crippen LogP contribution in [0.3, 0.4) is 0 Å². The van der Waals surface area contributed by atoms with E-state index in [0.717, 1.165) is 24.8 Å². The van der Waals surface area contributed by atoms with Gasteiger partial charge in [-0.1, -0.05) is 24.3 Å². The summed E-state index contributed by atoms with van der Waals surface area (Å²) in [5.74, 6) is 0. The number of rotatable bonds is 4. The maximum atomic E-state index is 10.6. The minimum absolute atomic E-state index is 0.145. The molecule has 4 nitrogen and oxygen atoms in total. The first-order valence-electron chi connectivity index (χ1n) is 6.32. The lowest BCUT2D eigenvalue weighted by Gasteiger charge is -2.24. The second-order valence-electron chi connectivity index (χ2n) is 4.72. The third-order valence-corrected chi connectivity index (χ3v) is 3.36. The van der Waals surface area contributed by atoms with Crippen LogP contribution in [-0.2, 0) is 0 Å². The average Bonchev–Trinajstić information content (AvgIpc) is 2.40. The van der Waals surface area contributed by atoms with Crippen molar-refractivity contribution in [1.82, 2.24) is 5.32 Å². The van der Waals surface area contributed by atoms with Gasteiger partial charge < -0.3 is 5.32 Å². The Morgan fingerprint density at radius 1 is 1.33 bits per heavy atom. The van der Waals surface area contributed by atoms with Gasteiger partial charge >= 0.3 is 0 Å². The molecule has 18 heavy (non-hydrogen) atoms. The maximum absolute atomic E-state index is 10.6. The van der Waals surface area contributed by atoms with Crippen molar-refractivity contribution >= 4 is 5.69 Å². The Kier molecular flexibility index (Phi) is 4.10. The summed E-state index contributed by atoms with van der Waals surface area (Å²) in [5, 5.41) is 14.1. The first-order chi connectivity index (χ1) is 8.66. The molecule has 4 heteroatoms. The number of nitro groups is 1. The van der Waals surface area contributed by atoms with Gasteiger partial charge in [0.15, 0.2) is 0 Å². The van der Waals surface area contributed by atoms with Crippen LogP contribution in [0.5, 0.6) is 0 Å². The Labute approximate surface area is 107 Å². The fraction of sp³-hybridized carbons (Fsp3) is 0.429. The van der Waals surface area contributed by atoms with Crippen molar-refractivity contribution in [3.8, 4) is 0 Å². The van der Waals surface area contributed by atoms with Crippen molar-refractivity contribution in [2.75, 3.05) is 0 Å². The van der Waals surface area contributed by atoms with Gasteiger partial charge in [-0.05, 0) is 31.7 Å². The minimum atomic E-state index is -0.367. The van der Waals surface area contributed by atoms with Gasteiger partial charge in [-0.2, -0.15) is 0 Å². The van der Waals surface area contributed by atoms with E-state index in [1.165, 1.54) is 0 Å². The van der Waals surface area contributed by atoms with E-state index in [1.807, 2.05) is 12.1 Å². The molecular formula is C14H18N2O2. The van der Waals surface area contributed by atoms with Gasteiger partial charge in [-0.25, -0.2) is 0 Å². The maximum Gasteiger partial charge on any atom is 0.269 e. The molecule has 2 unspecified atom stereocenters. The molecule has 1 aliphatic rings. The van der Waals surface area contributed by atoms with Crippen LogP contribution in [0.4, 0.5) is 5.69 Å². The van der Waals surface area contributed by atoms with E-state index in [1.54, 1.807) is 12.1 Å². The Morgan fingerprint density at radius 3 is 2.61 bits per heavy atom. The molecule has 0 saturated heterocycles. The molecule has 1 N–H and O–H groups in total. The molecule has 0 aliphatic heterocycles. The summed E-state index contributed by atoms with van der Waals surface area (Å²) < 4.78 is 0. The van der Waals surface area contributed by atoms with E-state index in [-0.39, 0.29) is 16.7 Å². The Morgan fingerprint density at radius 2 is 2.06 bits per heavy atom. The van der Waals surface area contributed by atoms with E-state index >= 15 is 0 Å². The van der Waals surface area contributed by atoms with Crippen molar-refractivity contribution in [3.05, 3.63) is 52.1 Å². The first kappa shape index (κ1) is 12.8. The second kappa shape index (κ2) is 5.78. The first-order valence-corrected chi connectivity index (χ1v) is 6.32. The van der Waals surface area contributed by atoms with Crippen LogP contribution < -0.4 is 5.32 Å². The summed E-state index contributed by atoms with van der Waals surface area (Å²) in [6.45, 7) is 2.10. The fourth-order valence-electron chi connectivity index (χ4n) is 2.28. The van der Waals surface area contributed by atoms with E-state index in [9.17, 15) is 10.1 Å². The minimum Gasteiger partial charge on any atom is -0.307 e. The van der Waals surface area contributed by atoms with Crippen LogP contribution in [0, 0.1) is 10.1 Å². The molecule has 0 radical (unpaired) electrons. The van der Waals surface area contributed by atoms with Gasteiger partial charge in [0.25, 0.3) is 5.69 Å². The van der Waals surface area contributed by atoms with Crippen molar-refractivity contribution in [2.45, 2.75) is 38.3 Å². The van der Waals surface area contributed by atoms with Crippen molar-refractivity contribution in [1.29, 1.82) is 0 Å².